The molecule has 1 N–H and O–H groups in total. The van der Waals surface area contributed by atoms with Crippen LogP contribution in [0.15, 0.2) is 42.5 Å². The molecule has 1 amide bonds. The molecule has 0 saturated carbocycles. The zero-order chi connectivity index (χ0) is 18.4. The smallest absolute Gasteiger partial charge is 0.308 e. The number of nitrogens with one attached hydrogen (secondary N) is 1. The van der Waals surface area contributed by atoms with Crippen molar-refractivity contribution in [3.05, 3.63) is 59.2 Å². The number of aromatic carboxylic acids is 1. The summed E-state index contributed by atoms with van der Waals surface area (Å²) in [7, 11) is 1.41. The predicted molar refractivity (Wildman–Crippen MR) is 86.2 cm³/mol. The number of ether oxygens (including phenoxy) is 2. The van der Waals surface area contributed by atoms with E-state index in [1.807, 2.05) is 0 Å². The van der Waals surface area contributed by atoms with Gasteiger partial charge in [-0.1, -0.05) is 24.3 Å². The summed E-state index contributed by atoms with van der Waals surface area (Å²) in [6.07, 6.45) is 0. The molecule has 2 rings (SSSR count). The van der Waals surface area contributed by atoms with E-state index < -0.39 is 11.9 Å². The molecule has 0 spiro atoms. The van der Waals surface area contributed by atoms with Gasteiger partial charge in [0.05, 0.1) is 13.1 Å². The normalized spacial score (nSPS) is 10.0. The Hall–Kier alpha value is -3.35. The fraction of sp³-hybridized carbons (Fsp3) is 0.167. The van der Waals surface area contributed by atoms with E-state index in [0.717, 1.165) is 5.56 Å². The third-order valence-corrected chi connectivity index (χ3v) is 3.32. The van der Waals surface area contributed by atoms with Crippen LogP contribution >= 0.6 is 0 Å². The first-order valence-electron chi connectivity index (χ1n) is 7.35. The molecular formula is C18H16NO6-. The van der Waals surface area contributed by atoms with Crippen molar-refractivity contribution in [3.63, 3.8) is 0 Å². The minimum absolute atomic E-state index is 0.0703. The molecule has 7 heteroatoms. The second-order valence-corrected chi connectivity index (χ2v) is 5.13. The van der Waals surface area contributed by atoms with E-state index in [9.17, 15) is 19.5 Å². The SMILES string of the molecule is COc1cc(C(=O)NCc2ccc(C(=O)[O-])cc2)ccc1OC(C)=O. The molecule has 0 aliphatic heterocycles. The van der Waals surface area contributed by atoms with E-state index in [2.05, 4.69) is 5.32 Å². The van der Waals surface area contributed by atoms with Gasteiger partial charge >= 0.3 is 5.97 Å². The number of methoxy groups -OCH3 is 1. The van der Waals surface area contributed by atoms with E-state index in [1.165, 1.54) is 44.4 Å². The lowest BCUT2D eigenvalue weighted by Crippen LogP contribution is -2.24. The quantitative estimate of drug-likeness (QED) is 0.618. The van der Waals surface area contributed by atoms with Crippen molar-refractivity contribution >= 4 is 17.8 Å². The minimum Gasteiger partial charge on any atom is -0.545 e. The average Bonchev–Trinajstić information content (AvgIpc) is 2.59. The second-order valence-electron chi connectivity index (χ2n) is 5.13. The largest absolute Gasteiger partial charge is 0.545 e. The number of benzene rings is 2. The van der Waals surface area contributed by atoms with Gasteiger partial charge in [-0.05, 0) is 29.3 Å². The van der Waals surface area contributed by atoms with Crippen LogP contribution in [-0.2, 0) is 11.3 Å². The number of amides is 1. The number of carboxylic acids is 1. The number of hydrogen-bond donors (Lipinski definition) is 1. The number of rotatable bonds is 6. The highest BCUT2D eigenvalue weighted by Gasteiger charge is 2.12. The summed E-state index contributed by atoms with van der Waals surface area (Å²) >= 11 is 0. The van der Waals surface area contributed by atoms with Gasteiger partial charge in [0, 0.05) is 19.0 Å². The minimum atomic E-state index is -1.25. The number of carbonyl (C=O) groups excluding carboxylic acids is 3. The summed E-state index contributed by atoms with van der Waals surface area (Å²) in [5, 5.41) is 13.4. The Balaban J connectivity index is 2.05. The first-order chi connectivity index (χ1) is 11.9. The molecule has 0 saturated heterocycles. The lowest BCUT2D eigenvalue weighted by Gasteiger charge is -2.11. The van der Waals surface area contributed by atoms with Crippen LogP contribution in [0.25, 0.3) is 0 Å². The molecule has 130 valence electrons. The van der Waals surface area contributed by atoms with Gasteiger partial charge in [-0.3, -0.25) is 9.59 Å². The van der Waals surface area contributed by atoms with Crippen LogP contribution in [0, 0.1) is 0 Å². The van der Waals surface area contributed by atoms with Crippen molar-refractivity contribution in [3.8, 4) is 11.5 Å². The van der Waals surface area contributed by atoms with Crippen molar-refractivity contribution in [2.24, 2.45) is 0 Å². The van der Waals surface area contributed by atoms with Crippen molar-refractivity contribution in [2.75, 3.05) is 7.11 Å². The maximum atomic E-state index is 12.2. The lowest BCUT2D eigenvalue weighted by molar-refractivity contribution is -0.255. The third kappa shape index (κ3) is 4.81. The van der Waals surface area contributed by atoms with Gasteiger partial charge in [0.1, 0.15) is 0 Å². The molecule has 0 aromatic heterocycles. The molecule has 0 atom stereocenters. The third-order valence-electron chi connectivity index (χ3n) is 3.32. The molecular weight excluding hydrogens is 326 g/mol. The monoisotopic (exact) mass is 342 g/mol. The van der Waals surface area contributed by atoms with Crippen LogP contribution in [0.4, 0.5) is 0 Å². The Morgan fingerprint density at radius 3 is 2.20 bits per heavy atom. The molecule has 2 aromatic carbocycles. The van der Waals surface area contributed by atoms with Gasteiger partial charge in [0.25, 0.3) is 5.91 Å². The number of carboxylic acid groups (broad SMARTS) is 1. The van der Waals surface area contributed by atoms with Crippen LogP contribution in [0.2, 0.25) is 0 Å². The van der Waals surface area contributed by atoms with Crippen LogP contribution in [-0.4, -0.2) is 25.0 Å². The second kappa shape index (κ2) is 7.96. The van der Waals surface area contributed by atoms with Gasteiger partial charge in [-0.25, -0.2) is 0 Å². The maximum absolute atomic E-state index is 12.2. The fourth-order valence-electron chi connectivity index (χ4n) is 2.09. The fourth-order valence-corrected chi connectivity index (χ4v) is 2.09. The lowest BCUT2D eigenvalue weighted by atomic mass is 10.1. The topological polar surface area (TPSA) is 105 Å². The number of esters is 1. The van der Waals surface area contributed by atoms with E-state index in [1.54, 1.807) is 12.1 Å². The highest BCUT2D eigenvalue weighted by molar-refractivity contribution is 5.95. The molecule has 0 radical (unpaired) electrons. The van der Waals surface area contributed by atoms with Gasteiger partial charge in [0.15, 0.2) is 11.5 Å². The van der Waals surface area contributed by atoms with Gasteiger partial charge in [0.2, 0.25) is 0 Å². The summed E-state index contributed by atoms with van der Waals surface area (Å²) in [6, 6.07) is 10.5. The summed E-state index contributed by atoms with van der Waals surface area (Å²) in [6.45, 7) is 1.49. The Kier molecular flexibility index (Phi) is 5.73. The summed E-state index contributed by atoms with van der Waals surface area (Å²) < 4.78 is 10.1. The summed E-state index contributed by atoms with van der Waals surface area (Å²) in [4.78, 5) is 33.9. The van der Waals surface area contributed by atoms with Crippen LogP contribution in [0.3, 0.4) is 0 Å². The molecule has 0 aliphatic carbocycles. The van der Waals surface area contributed by atoms with Crippen LogP contribution < -0.4 is 19.9 Å². The highest BCUT2D eigenvalue weighted by Crippen LogP contribution is 2.28. The van der Waals surface area contributed by atoms with Crippen molar-refractivity contribution in [2.45, 2.75) is 13.5 Å². The molecule has 7 nitrogen and oxygen atoms in total. The Labute approximate surface area is 144 Å². The first kappa shape index (κ1) is 18.0. The van der Waals surface area contributed by atoms with E-state index >= 15 is 0 Å². The number of hydrogen-bond acceptors (Lipinski definition) is 6. The van der Waals surface area contributed by atoms with E-state index in [4.69, 9.17) is 9.47 Å². The molecule has 0 unspecified atom stereocenters. The standard InChI is InChI=1S/C18H17NO6/c1-11(20)25-15-8-7-14(9-16(15)24-2)17(21)19-10-12-3-5-13(6-4-12)18(22)23/h3-9H,10H2,1-2H3,(H,19,21)(H,22,23)/p-1. The molecule has 0 aliphatic rings. The average molecular weight is 342 g/mol. The molecule has 0 fully saturated rings. The van der Waals surface area contributed by atoms with E-state index in [0.29, 0.717) is 5.56 Å². The summed E-state index contributed by atoms with van der Waals surface area (Å²) in [5.41, 5.74) is 1.14. The Morgan fingerprint density at radius 2 is 1.64 bits per heavy atom. The molecule has 0 heterocycles. The predicted octanol–water partition coefficient (Wildman–Crippen LogP) is 0.914. The zero-order valence-electron chi connectivity index (χ0n) is 13.7. The van der Waals surface area contributed by atoms with Crippen molar-refractivity contribution in [1.82, 2.24) is 5.32 Å². The molecule has 25 heavy (non-hydrogen) atoms. The van der Waals surface area contributed by atoms with E-state index in [-0.39, 0.29) is 29.5 Å². The van der Waals surface area contributed by atoms with Crippen molar-refractivity contribution < 1.29 is 29.0 Å². The van der Waals surface area contributed by atoms with Crippen molar-refractivity contribution in [1.29, 1.82) is 0 Å². The Morgan fingerprint density at radius 1 is 1.00 bits per heavy atom. The zero-order valence-corrected chi connectivity index (χ0v) is 13.7. The number of carbonyl (C=O) groups is 3. The summed E-state index contributed by atoms with van der Waals surface area (Å²) in [5.74, 6) is -1.60. The van der Waals surface area contributed by atoms with Crippen LogP contribution in [0.1, 0.15) is 33.2 Å². The van der Waals surface area contributed by atoms with Gasteiger partial charge < -0.3 is 24.7 Å². The van der Waals surface area contributed by atoms with Gasteiger partial charge in [-0.15, -0.1) is 0 Å². The molecule has 2 aromatic rings. The van der Waals surface area contributed by atoms with Crippen LogP contribution in [0.5, 0.6) is 11.5 Å². The molecule has 0 bridgehead atoms. The maximum Gasteiger partial charge on any atom is 0.308 e. The highest BCUT2D eigenvalue weighted by atomic mass is 16.6. The van der Waals surface area contributed by atoms with Gasteiger partial charge in [-0.2, -0.15) is 0 Å². The first-order valence-corrected chi connectivity index (χ1v) is 7.35. The Bertz CT molecular complexity index is 798.